The molecule has 1 rings (SSSR count). The molecule has 0 fully saturated rings. The molecule has 1 atom stereocenters. The Morgan fingerprint density at radius 1 is 1.53 bits per heavy atom. The van der Waals surface area contributed by atoms with Crippen LogP contribution < -0.4 is 5.73 Å². The van der Waals surface area contributed by atoms with Crippen LogP contribution in [0.25, 0.3) is 0 Å². The number of aryl methyl sites for hydroxylation is 1. The smallest absolute Gasteiger partial charge is 0.232 e. The summed E-state index contributed by atoms with van der Waals surface area (Å²) in [5, 5.41) is 0. The third-order valence-corrected chi connectivity index (χ3v) is 4.54. The number of likely N-dealkylation sites (N-methyl/N-ethyl adjacent to an activating group) is 1. The van der Waals surface area contributed by atoms with Crippen molar-refractivity contribution in [2.45, 2.75) is 24.8 Å². The predicted molar refractivity (Wildman–Crippen MR) is 88.1 cm³/mol. The summed E-state index contributed by atoms with van der Waals surface area (Å²) in [6, 6.07) is 6.17. The van der Waals surface area contributed by atoms with Gasteiger partial charge in [-0.05, 0) is 37.6 Å². The predicted octanol–water partition coefficient (Wildman–Crippen LogP) is 3.08. The second-order valence-electron chi connectivity index (χ2n) is 4.29. The van der Waals surface area contributed by atoms with Gasteiger partial charge < -0.3 is 10.6 Å². The van der Waals surface area contributed by atoms with E-state index in [-0.39, 0.29) is 24.4 Å². The summed E-state index contributed by atoms with van der Waals surface area (Å²) in [4.78, 5) is 14.8. The van der Waals surface area contributed by atoms with Crippen molar-refractivity contribution >= 4 is 46.0 Å². The fourth-order valence-corrected chi connectivity index (χ4v) is 2.83. The van der Waals surface area contributed by atoms with Crippen LogP contribution in [-0.4, -0.2) is 36.2 Å². The zero-order valence-electron chi connectivity index (χ0n) is 11.4. The molecule has 1 aromatic carbocycles. The summed E-state index contributed by atoms with van der Waals surface area (Å²) in [7, 11) is 1.80. The number of carbonyl (C=O) groups is 1. The Morgan fingerprint density at radius 3 is 2.68 bits per heavy atom. The van der Waals surface area contributed by atoms with Crippen LogP contribution in [0.3, 0.4) is 0 Å². The monoisotopic (exact) mass is 366 g/mol. The molecule has 0 aliphatic carbocycles. The standard InChI is InChI=1S/C13H19BrN2OS.ClH/c1-9-6-11(14)4-5-12(9)18-8-13(17)16(3)10(2)7-15;/h4-6,10H,7-8,15H2,1-3H3;1H. The van der Waals surface area contributed by atoms with E-state index in [0.29, 0.717) is 12.3 Å². The van der Waals surface area contributed by atoms with Crippen LogP contribution in [-0.2, 0) is 4.79 Å². The number of carbonyl (C=O) groups excluding carboxylic acids is 1. The molecule has 1 unspecified atom stereocenters. The number of rotatable bonds is 5. The number of nitrogens with two attached hydrogens (primary N) is 1. The average molecular weight is 368 g/mol. The first-order valence-electron chi connectivity index (χ1n) is 5.80. The van der Waals surface area contributed by atoms with Gasteiger partial charge in [-0.25, -0.2) is 0 Å². The van der Waals surface area contributed by atoms with Gasteiger partial charge in [0.15, 0.2) is 0 Å². The average Bonchev–Trinajstić information content (AvgIpc) is 2.35. The largest absolute Gasteiger partial charge is 0.341 e. The van der Waals surface area contributed by atoms with E-state index in [2.05, 4.69) is 22.0 Å². The highest BCUT2D eigenvalue weighted by atomic mass is 79.9. The summed E-state index contributed by atoms with van der Waals surface area (Å²) >= 11 is 5.00. The van der Waals surface area contributed by atoms with E-state index < -0.39 is 0 Å². The molecule has 0 saturated carbocycles. The number of nitrogens with zero attached hydrogens (tertiary/aromatic N) is 1. The third kappa shape index (κ3) is 5.73. The minimum atomic E-state index is 0. The van der Waals surface area contributed by atoms with Gasteiger partial charge in [0.2, 0.25) is 5.91 Å². The van der Waals surface area contributed by atoms with Gasteiger partial charge in [0.05, 0.1) is 5.75 Å². The first-order valence-corrected chi connectivity index (χ1v) is 7.58. The van der Waals surface area contributed by atoms with Gasteiger partial charge in [-0.2, -0.15) is 0 Å². The summed E-state index contributed by atoms with van der Waals surface area (Å²) in [5.74, 6) is 0.559. The van der Waals surface area contributed by atoms with Gasteiger partial charge in [-0.3, -0.25) is 4.79 Å². The van der Waals surface area contributed by atoms with Crippen LogP contribution in [0.5, 0.6) is 0 Å². The molecule has 0 radical (unpaired) electrons. The first-order chi connectivity index (χ1) is 8.45. The van der Waals surface area contributed by atoms with Crippen molar-refractivity contribution in [2.75, 3.05) is 19.3 Å². The molecule has 0 spiro atoms. The van der Waals surface area contributed by atoms with Crippen LogP contribution >= 0.6 is 40.1 Å². The van der Waals surface area contributed by atoms with Crippen LogP contribution in [0, 0.1) is 6.92 Å². The Bertz CT molecular complexity index is 431. The number of hydrogen-bond acceptors (Lipinski definition) is 3. The maximum atomic E-state index is 11.9. The molecule has 0 aliphatic heterocycles. The Balaban J connectivity index is 0.00000324. The van der Waals surface area contributed by atoms with Gasteiger partial charge in [0.25, 0.3) is 0 Å². The van der Waals surface area contributed by atoms with E-state index in [1.54, 1.807) is 23.7 Å². The number of hydrogen-bond donors (Lipinski definition) is 1. The molecule has 19 heavy (non-hydrogen) atoms. The number of benzene rings is 1. The second-order valence-corrected chi connectivity index (χ2v) is 6.22. The molecule has 108 valence electrons. The lowest BCUT2D eigenvalue weighted by molar-refractivity contribution is -0.128. The lowest BCUT2D eigenvalue weighted by Crippen LogP contribution is -2.40. The Hall–Kier alpha value is -0.230. The van der Waals surface area contributed by atoms with Gasteiger partial charge in [-0.15, -0.1) is 24.2 Å². The molecule has 0 heterocycles. The highest BCUT2D eigenvalue weighted by molar-refractivity contribution is 9.10. The summed E-state index contributed by atoms with van der Waals surface area (Å²) in [6.07, 6.45) is 0. The Kier molecular flexibility index (Phi) is 8.74. The van der Waals surface area contributed by atoms with E-state index in [1.165, 1.54) is 5.56 Å². The molecular weight excluding hydrogens is 348 g/mol. The molecule has 0 bridgehead atoms. The number of halogens is 2. The highest BCUT2D eigenvalue weighted by Crippen LogP contribution is 2.25. The molecule has 1 amide bonds. The van der Waals surface area contributed by atoms with Crippen molar-refractivity contribution in [3.8, 4) is 0 Å². The second kappa shape index (κ2) is 8.84. The normalized spacial score (nSPS) is 11.6. The molecular formula is C13H20BrClN2OS. The molecule has 3 nitrogen and oxygen atoms in total. The maximum Gasteiger partial charge on any atom is 0.232 e. The molecule has 6 heteroatoms. The van der Waals surface area contributed by atoms with E-state index in [9.17, 15) is 4.79 Å². The molecule has 0 aromatic heterocycles. The Labute approximate surface area is 133 Å². The lowest BCUT2D eigenvalue weighted by Gasteiger charge is -2.23. The van der Waals surface area contributed by atoms with Crippen molar-refractivity contribution in [3.05, 3.63) is 28.2 Å². The summed E-state index contributed by atoms with van der Waals surface area (Å²) < 4.78 is 1.06. The fraction of sp³-hybridized carbons (Fsp3) is 0.462. The van der Waals surface area contributed by atoms with E-state index in [1.807, 2.05) is 26.0 Å². The topological polar surface area (TPSA) is 46.3 Å². The third-order valence-electron chi connectivity index (χ3n) is 2.88. The molecule has 1 aromatic rings. The molecule has 0 aliphatic rings. The molecule has 2 N–H and O–H groups in total. The van der Waals surface area contributed by atoms with Crippen molar-refractivity contribution < 1.29 is 4.79 Å². The minimum absolute atomic E-state index is 0. The summed E-state index contributed by atoms with van der Waals surface area (Å²) in [5.41, 5.74) is 6.73. The van der Waals surface area contributed by atoms with Crippen LogP contribution in [0.4, 0.5) is 0 Å². The van der Waals surface area contributed by atoms with E-state index in [4.69, 9.17) is 5.73 Å². The van der Waals surface area contributed by atoms with Gasteiger partial charge in [0.1, 0.15) is 0 Å². The molecule has 0 saturated heterocycles. The van der Waals surface area contributed by atoms with Gasteiger partial charge in [0, 0.05) is 29.0 Å². The van der Waals surface area contributed by atoms with Gasteiger partial charge in [-0.1, -0.05) is 15.9 Å². The number of thioether (sulfide) groups is 1. The lowest BCUT2D eigenvalue weighted by atomic mass is 10.2. The van der Waals surface area contributed by atoms with Crippen LogP contribution in [0.15, 0.2) is 27.6 Å². The fourth-order valence-electron chi connectivity index (χ4n) is 1.42. The number of amides is 1. The zero-order chi connectivity index (χ0) is 13.7. The van der Waals surface area contributed by atoms with Crippen molar-refractivity contribution in [3.63, 3.8) is 0 Å². The van der Waals surface area contributed by atoms with Crippen LogP contribution in [0.1, 0.15) is 12.5 Å². The Morgan fingerprint density at radius 2 is 2.16 bits per heavy atom. The van der Waals surface area contributed by atoms with E-state index in [0.717, 1.165) is 9.37 Å². The maximum absolute atomic E-state index is 11.9. The van der Waals surface area contributed by atoms with E-state index >= 15 is 0 Å². The van der Waals surface area contributed by atoms with Crippen LogP contribution in [0.2, 0.25) is 0 Å². The zero-order valence-corrected chi connectivity index (χ0v) is 14.6. The van der Waals surface area contributed by atoms with Crippen molar-refractivity contribution in [2.24, 2.45) is 5.73 Å². The minimum Gasteiger partial charge on any atom is -0.341 e. The van der Waals surface area contributed by atoms with Gasteiger partial charge >= 0.3 is 0 Å². The highest BCUT2D eigenvalue weighted by Gasteiger charge is 2.14. The van der Waals surface area contributed by atoms with Crippen molar-refractivity contribution in [1.29, 1.82) is 0 Å². The SMILES string of the molecule is Cc1cc(Br)ccc1SCC(=O)N(C)C(C)CN.Cl. The van der Waals surface area contributed by atoms with Crippen molar-refractivity contribution in [1.82, 2.24) is 4.90 Å². The quantitative estimate of drug-likeness (QED) is 0.814. The first kappa shape index (κ1) is 18.8. The summed E-state index contributed by atoms with van der Waals surface area (Å²) in [6.45, 7) is 4.49.